The van der Waals surface area contributed by atoms with Gasteiger partial charge in [-0.1, -0.05) is 30.3 Å². The Kier molecular flexibility index (Phi) is 6.51. The number of carbonyl (C=O) groups excluding carboxylic acids is 1. The minimum absolute atomic E-state index is 0.0203. The molecule has 1 fully saturated rings. The molecule has 3 aromatic heterocycles. The van der Waals surface area contributed by atoms with Crippen LogP contribution in [0.2, 0.25) is 0 Å². The van der Waals surface area contributed by atoms with Crippen LogP contribution in [-0.2, 0) is 17.8 Å². The quantitative estimate of drug-likeness (QED) is 0.444. The van der Waals surface area contributed by atoms with Crippen LogP contribution >= 0.6 is 0 Å². The maximum Gasteiger partial charge on any atom is 0.239 e. The molecule has 8 heteroatoms. The Morgan fingerprint density at radius 1 is 1.03 bits per heavy atom. The normalized spacial score (nSPS) is 15.4. The smallest absolute Gasteiger partial charge is 0.239 e. The summed E-state index contributed by atoms with van der Waals surface area (Å²) in [6, 6.07) is 17.2. The molecule has 5 rings (SSSR count). The largest absolute Gasteiger partial charge is 0.455 e. The molecular weight excluding hydrogens is 428 g/mol. The van der Waals surface area contributed by atoms with Crippen molar-refractivity contribution in [2.24, 2.45) is 5.73 Å². The first kappa shape index (κ1) is 22.1. The number of nitrogens with one attached hydrogen (secondary N) is 1. The Hall–Kier alpha value is -3.75. The summed E-state index contributed by atoms with van der Waals surface area (Å²) in [5.41, 5.74) is 9.09. The fraction of sp³-hybridized carbons (Fsp3) is 0.269. The lowest BCUT2D eigenvalue weighted by Gasteiger charge is -2.35. The van der Waals surface area contributed by atoms with Gasteiger partial charge in [-0.25, -0.2) is 4.98 Å². The first-order valence-electron chi connectivity index (χ1n) is 11.5. The van der Waals surface area contributed by atoms with Crippen molar-refractivity contribution in [3.05, 3.63) is 84.4 Å². The number of H-pyrrole nitrogens is 1. The average molecular weight is 457 g/mol. The predicted octanol–water partition coefficient (Wildman–Crippen LogP) is 2.96. The second-order valence-corrected chi connectivity index (χ2v) is 8.53. The molecule has 0 unspecified atom stereocenters. The maximum absolute atomic E-state index is 12.9. The van der Waals surface area contributed by atoms with E-state index in [1.807, 2.05) is 41.4 Å². The lowest BCUT2D eigenvalue weighted by Crippen LogP contribution is -2.53. The number of amides is 1. The number of nitrogens with two attached hydrogens (primary N) is 1. The molecule has 1 aliphatic rings. The zero-order chi connectivity index (χ0) is 23.3. The standard InChI is InChI=1S/C26H28N6O2/c27-23(26(33)32-14-12-31(13-15-32)18-19-4-2-1-3-5-19)16-20-6-7-21(17-30-20)34-24-9-11-29-25-22(24)8-10-28-25/h1-11,17,23H,12-16,18,27H2,(H,28,29)/t23-/m0/s1. The zero-order valence-electron chi connectivity index (χ0n) is 18.9. The minimum atomic E-state index is -0.611. The van der Waals surface area contributed by atoms with Gasteiger partial charge in [0.2, 0.25) is 5.91 Å². The third kappa shape index (κ3) is 5.08. The molecule has 1 aromatic carbocycles. The fourth-order valence-corrected chi connectivity index (χ4v) is 4.26. The van der Waals surface area contributed by atoms with Crippen LogP contribution in [0, 0.1) is 0 Å². The molecule has 34 heavy (non-hydrogen) atoms. The second kappa shape index (κ2) is 10.0. The molecule has 0 radical (unpaired) electrons. The van der Waals surface area contributed by atoms with Crippen molar-refractivity contribution in [1.82, 2.24) is 24.8 Å². The molecule has 4 heterocycles. The number of piperazine rings is 1. The lowest BCUT2D eigenvalue weighted by atomic mass is 10.1. The summed E-state index contributed by atoms with van der Waals surface area (Å²) < 4.78 is 5.97. The van der Waals surface area contributed by atoms with Crippen LogP contribution in [0.1, 0.15) is 11.3 Å². The van der Waals surface area contributed by atoms with Crippen LogP contribution in [0.5, 0.6) is 11.5 Å². The van der Waals surface area contributed by atoms with Gasteiger partial charge in [0.25, 0.3) is 0 Å². The van der Waals surface area contributed by atoms with Crippen molar-refractivity contribution in [3.8, 4) is 11.5 Å². The number of aromatic nitrogens is 3. The summed E-state index contributed by atoms with van der Waals surface area (Å²) in [6.45, 7) is 3.99. The summed E-state index contributed by atoms with van der Waals surface area (Å²) in [5.74, 6) is 1.30. The molecule has 1 saturated heterocycles. The third-order valence-electron chi connectivity index (χ3n) is 6.12. The average Bonchev–Trinajstić information content (AvgIpc) is 3.36. The van der Waals surface area contributed by atoms with E-state index in [0.29, 0.717) is 31.0 Å². The van der Waals surface area contributed by atoms with Crippen molar-refractivity contribution in [2.45, 2.75) is 19.0 Å². The Morgan fingerprint density at radius 3 is 2.62 bits per heavy atom. The van der Waals surface area contributed by atoms with Crippen LogP contribution in [0.3, 0.4) is 0 Å². The molecule has 8 nitrogen and oxygen atoms in total. The molecule has 1 atom stereocenters. The van der Waals surface area contributed by atoms with E-state index < -0.39 is 6.04 Å². The first-order valence-corrected chi connectivity index (χ1v) is 11.5. The predicted molar refractivity (Wildman–Crippen MR) is 130 cm³/mol. The number of benzene rings is 1. The van der Waals surface area contributed by atoms with E-state index in [1.165, 1.54) is 5.56 Å². The number of pyridine rings is 2. The highest BCUT2D eigenvalue weighted by atomic mass is 16.5. The van der Waals surface area contributed by atoms with Gasteiger partial charge in [-0.3, -0.25) is 14.7 Å². The van der Waals surface area contributed by atoms with Gasteiger partial charge in [0.15, 0.2) is 0 Å². The summed E-state index contributed by atoms with van der Waals surface area (Å²) in [5, 5.41) is 0.906. The van der Waals surface area contributed by atoms with Crippen LogP contribution < -0.4 is 10.5 Å². The van der Waals surface area contributed by atoms with E-state index in [0.717, 1.165) is 36.4 Å². The summed E-state index contributed by atoms with van der Waals surface area (Å²) in [7, 11) is 0. The van der Waals surface area contributed by atoms with E-state index in [9.17, 15) is 4.79 Å². The highest BCUT2D eigenvalue weighted by Gasteiger charge is 2.25. The van der Waals surface area contributed by atoms with Crippen LogP contribution in [0.4, 0.5) is 0 Å². The number of carbonyl (C=O) groups is 1. The third-order valence-corrected chi connectivity index (χ3v) is 6.12. The van der Waals surface area contributed by atoms with Crippen molar-refractivity contribution in [1.29, 1.82) is 0 Å². The van der Waals surface area contributed by atoms with Crippen molar-refractivity contribution in [3.63, 3.8) is 0 Å². The van der Waals surface area contributed by atoms with Crippen molar-refractivity contribution >= 4 is 16.9 Å². The van der Waals surface area contributed by atoms with E-state index in [4.69, 9.17) is 10.5 Å². The molecule has 1 aliphatic heterocycles. The van der Waals surface area contributed by atoms with Gasteiger partial charge in [0.05, 0.1) is 17.6 Å². The first-order chi connectivity index (χ1) is 16.7. The minimum Gasteiger partial charge on any atom is -0.455 e. The zero-order valence-corrected chi connectivity index (χ0v) is 18.9. The Balaban J connectivity index is 1.13. The Labute approximate surface area is 198 Å². The summed E-state index contributed by atoms with van der Waals surface area (Å²) in [4.78, 5) is 28.9. The van der Waals surface area contributed by atoms with Gasteiger partial charge >= 0.3 is 0 Å². The highest BCUT2D eigenvalue weighted by Crippen LogP contribution is 2.27. The fourth-order valence-electron chi connectivity index (χ4n) is 4.26. The van der Waals surface area contributed by atoms with Crippen molar-refractivity contribution < 1.29 is 9.53 Å². The molecule has 4 aromatic rings. The number of rotatable bonds is 7. The van der Waals surface area contributed by atoms with Crippen LogP contribution in [-0.4, -0.2) is 62.9 Å². The Morgan fingerprint density at radius 2 is 1.85 bits per heavy atom. The molecular formula is C26H28N6O2. The van der Waals surface area contributed by atoms with E-state index in [-0.39, 0.29) is 5.91 Å². The molecule has 0 bridgehead atoms. The number of aromatic amines is 1. The van der Waals surface area contributed by atoms with Gasteiger partial charge in [-0.15, -0.1) is 0 Å². The topological polar surface area (TPSA) is 100 Å². The highest BCUT2D eigenvalue weighted by molar-refractivity contribution is 5.83. The molecule has 0 spiro atoms. The molecule has 0 saturated carbocycles. The van der Waals surface area contributed by atoms with Crippen molar-refractivity contribution in [2.75, 3.05) is 26.2 Å². The van der Waals surface area contributed by atoms with Gasteiger partial charge in [-0.05, 0) is 29.8 Å². The van der Waals surface area contributed by atoms with E-state index in [2.05, 4.69) is 44.1 Å². The molecule has 0 aliphatic carbocycles. The molecule has 174 valence electrons. The number of hydrogen-bond donors (Lipinski definition) is 2. The monoisotopic (exact) mass is 456 g/mol. The van der Waals surface area contributed by atoms with E-state index >= 15 is 0 Å². The number of hydrogen-bond acceptors (Lipinski definition) is 6. The lowest BCUT2D eigenvalue weighted by molar-refractivity contribution is -0.134. The van der Waals surface area contributed by atoms with Crippen LogP contribution in [0.15, 0.2) is 73.2 Å². The van der Waals surface area contributed by atoms with Gasteiger partial charge in [0, 0.05) is 57.2 Å². The van der Waals surface area contributed by atoms with E-state index in [1.54, 1.807) is 12.4 Å². The molecule has 3 N–H and O–H groups in total. The molecule has 1 amide bonds. The van der Waals surface area contributed by atoms with Gasteiger partial charge in [-0.2, -0.15) is 0 Å². The summed E-state index contributed by atoms with van der Waals surface area (Å²) >= 11 is 0. The van der Waals surface area contributed by atoms with Gasteiger partial charge < -0.3 is 20.4 Å². The summed E-state index contributed by atoms with van der Waals surface area (Å²) in [6.07, 6.45) is 5.57. The maximum atomic E-state index is 12.9. The van der Waals surface area contributed by atoms with Gasteiger partial charge in [0.1, 0.15) is 17.1 Å². The number of nitrogens with zero attached hydrogens (tertiary/aromatic N) is 4. The number of ether oxygens (including phenoxy) is 1. The Bertz CT molecular complexity index is 1230. The number of fused-ring (bicyclic) bond motifs is 1. The second-order valence-electron chi connectivity index (χ2n) is 8.53. The SMILES string of the molecule is N[C@@H](Cc1ccc(Oc2ccnc3[nH]ccc23)cn1)C(=O)N1CCN(Cc2ccccc2)CC1. The van der Waals surface area contributed by atoms with Crippen LogP contribution in [0.25, 0.3) is 11.0 Å².